The first-order valence-electron chi connectivity index (χ1n) is 13.7. The van der Waals surface area contributed by atoms with E-state index >= 15 is 4.39 Å². The Morgan fingerprint density at radius 3 is 2.90 bits per heavy atom. The molecule has 8 nitrogen and oxygen atoms in total. The fourth-order valence-corrected chi connectivity index (χ4v) is 6.94. The van der Waals surface area contributed by atoms with Crippen LogP contribution in [-0.2, 0) is 0 Å². The van der Waals surface area contributed by atoms with Gasteiger partial charge in [-0.1, -0.05) is 18.2 Å². The molecule has 3 atom stereocenters. The van der Waals surface area contributed by atoms with Crippen LogP contribution in [0.25, 0.3) is 32.2 Å². The fraction of sp³-hybridized carbons (Fsp3) is 0.448. The number of nitrogens with zero attached hydrogens (tertiary/aromatic N) is 6. The van der Waals surface area contributed by atoms with Gasteiger partial charge in [-0.05, 0) is 31.9 Å². The molecule has 0 radical (unpaired) electrons. The number of piperazine rings is 1. The number of fused-ring (bicyclic) bond motifs is 3. The van der Waals surface area contributed by atoms with Crippen LogP contribution in [0, 0.1) is 17.1 Å². The highest BCUT2D eigenvalue weighted by Crippen LogP contribution is 2.37. The van der Waals surface area contributed by atoms with Crippen LogP contribution in [0.5, 0.6) is 6.01 Å². The average Bonchev–Trinajstić information content (AvgIpc) is 3.69. The highest BCUT2D eigenvalue weighted by atomic mass is 32.1. The van der Waals surface area contributed by atoms with E-state index in [4.69, 9.17) is 10.00 Å². The van der Waals surface area contributed by atoms with Gasteiger partial charge in [-0.3, -0.25) is 9.88 Å². The second-order valence-corrected chi connectivity index (χ2v) is 11.4. The molecule has 3 aromatic heterocycles. The summed E-state index contributed by atoms with van der Waals surface area (Å²) in [5, 5.41) is 15.8. The molecule has 11 heteroatoms. The second kappa shape index (κ2) is 11.6. The Bertz CT molecular complexity index is 1540. The van der Waals surface area contributed by atoms with Crippen LogP contribution in [0.4, 0.5) is 14.6 Å². The Balaban J connectivity index is 0.000000271. The zero-order valence-corrected chi connectivity index (χ0v) is 23.1. The van der Waals surface area contributed by atoms with Crippen LogP contribution >= 0.6 is 11.3 Å². The molecule has 6 heterocycles. The third-order valence-electron chi connectivity index (χ3n) is 7.91. The van der Waals surface area contributed by atoms with Gasteiger partial charge in [0.05, 0.1) is 25.0 Å². The molecule has 0 spiro atoms. The number of alkyl halides is 1. The van der Waals surface area contributed by atoms with E-state index in [1.165, 1.54) is 20.0 Å². The number of benzene rings is 1. The molecular formula is C29H31F2N7OS. The van der Waals surface area contributed by atoms with E-state index < -0.39 is 12.0 Å². The highest BCUT2D eigenvalue weighted by molar-refractivity contribution is 7.17. The van der Waals surface area contributed by atoms with Crippen molar-refractivity contribution < 1.29 is 13.5 Å². The van der Waals surface area contributed by atoms with E-state index in [2.05, 4.69) is 31.2 Å². The Morgan fingerprint density at radius 1 is 1.20 bits per heavy atom. The Morgan fingerprint density at radius 2 is 2.08 bits per heavy atom. The predicted octanol–water partition coefficient (Wildman–Crippen LogP) is 4.94. The minimum absolute atomic E-state index is 0.0176. The number of hydrogen-bond acceptors (Lipinski definition) is 9. The maximum Gasteiger partial charge on any atom is 0.318 e. The number of rotatable bonds is 4. The topological polar surface area (TPSA) is 90.2 Å². The molecule has 3 aliphatic heterocycles. The minimum Gasteiger partial charge on any atom is -0.467 e. The summed E-state index contributed by atoms with van der Waals surface area (Å²) in [6.07, 6.45) is 4.84. The quantitative estimate of drug-likeness (QED) is 0.374. The molecular weight excluding hydrogens is 532 g/mol. The van der Waals surface area contributed by atoms with Crippen LogP contribution in [0.1, 0.15) is 25.7 Å². The SMILES string of the molecule is COc1nc(N2CCNC(CC#N)C2)c2cnc(-c3csc4ccccc34)c(F)c2n1.FC1CC2CCCN2C1. The molecule has 0 saturated carbocycles. The number of methoxy groups -OCH3 is 1. The molecule has 0 bridgehead atoms. The third-order valence-corrected chi connectivity index (χ3v) is 8.88. The fourth-order valence-electron chi connectivity index (χ4n) is 5.99. The van der Waals surface area contributed by atoms with E-state index in [-0.39, 0.29) is 23.3 Å². The van der Waals surface area contributed by atoms with Crippen molar-refractivity contribution in [3.05, 3.63) is 41.7 Å². The summed E-state index contributed by atoms with van der Waals surface area (Å²) in [5.41, 5.74) is 1.19. The maximum absolute atomic E-state index is 15.7. The molecule has 208 valence electrons. The van der Waals surface area contributed by atoms with E-state index in [0.717, 1.165) is 28.6 Å². The van der Waals surface area contributed by atoms with Gasteiger partial charge in [-0.2, -0.15) is 15.2 Å². The van der Waals surface area contributed by atoms with Crippen molar-refractivity contribution in [2.75, 3.05) is 44.7 Å². The van der Waals surface area contributed by atoms with Crippen LogP contribution in [0.2, 0.25) is 0 Å². The number of nitriles is 1. The first kappa shape index (κ1) is 26.7. The van der Waals surface area contributed by atoms with Gasteiger partial charge in [0, 0.05) is 65.5 Å². The van der Waals surface area contributed by atoms with Crippen molar-refractivity contribution in [1.82, 2.24) is 25.2 Å². The lowest BCUT2D eigenvalue weighted by molar-refractivity contribution is 0.292. The van der Waals surface area contributed by atoms with Gasteiger partial charge in [0.25, 0.3) is 0 Å². The summed E-state index contributed by atoms with van der Waals surface area (Å²) in [6.45, 7) is 3.82. The Labute approximate surface area is 235 Å². The molecule has 7 rings (SSSR count). The number of thiophene rings is 1. The van der Waals surface area contributed by atoms with Crippen molar-refractivity contribution in [3.63, 3.8) is 0 Å². The van der Waals surface area contributed by atoms with Gasteiger partial charge in [0.2, 0.25) is 0 Å². The summed E-state index contributed by atoms with van der Waals surface area (Å²) in [4.78, 5) is 17.6. The Kier molecular flexibility index (Phi) is 7.74. The molecule has 1 N–H and O–H groups in total. The highest BCUT2D eigenvalue weighted by Gasteiger charge is 2.34. The van der Waals surface area contributed by atoms with Crippen molar-refractivity contribution in [1.29, 1.82) is 5.26 Å². The number of ether oxygens (including phenoxy) is 1. The van der Waals surface area contributed by atoms with Gasteiger partial charge < -0.3 is 15.0 Å². The minimum atomic E-state index is -0.518. The lowest BCUT2D eigenvalue weighted by Crippen LogP contribution is -2.51. The van der Waals surface area contributed by atoms with Crippen molar-refractivity contribution in [2.45, 2.75) is 43.9 Å². The lowest BCUT2D eigenvalue weighted by atomic mass is 10.1. The van der Waals surface area contributed by atoms with Crippen molar-refractivity contribution in [2.24, 2.45) is 0 Å². The normalized spacial score (nSPS) is 22.6. The van der Waals surface area contributed by atoms with E-state index in [1.54, 1.807) is 17.5 Å². The van der Waals surface area contributed by atoms with Crippen molar-refractivity contribution >= 4 is 38.1 Å². The van der Waals surface area contributed by atoms with Crippen molar-refractivity contribution in [3.8, 4) is 23.3 Å². The van der Waals surface area contributed by atoms with E-state index in [9.17, 15) is 4.39 Å². The van der Waals surface area contributed by atoms with Gasteiger partial charge in [-0.15, -0.1) is 11.3 Å². The van der Waals surface area contributed by atoms with Crippen LogP contribution in [0.15, 0.2) is 35.8 Å². The molecule has 3 saturated heterocycles. The molecule has 0 aliphatic carbocycles. The van der Waals surface area contributed by atoms with Crippen LogP contribution in [-0.4, -0.2) is 77.9 Å². The van der Waals surface area contributed by atoms with Crippen LogP contribution < -0.4 is 15.0 Å². The summed E-state index contributed by atoms with van der Waals surface area (Å²) in [6, 6.07) is 10.8. The zero-order chi connectivity index (χ0) is 27.6. The number of nitrogens with one attached hydrogen (secondary N) is 1. The number of halogens is 2. The van der Waals surface area contributed by atoms with E-state index in [1.807, 2.05) is 34.5 Å². The average molecular weight is 564 g/mol. The largest absolute Gasteiger partial charge is 0.467 e. The summed E-state index contributed by atoms with van der Waals surface area (Å²) < 4.78 is 34.7. The number of pyridine rings is 1. The van der Waals surface area contributed by atoms with Gasteiger partial charge >= 0.3 is 6.01 Å². The zero-order valence-electron chi connectivity index (χ0n) is 22.3. The smallest absolute Gasteiger partial charge is 0.318 e. The summed E-state index contributed by atoms with van der Waals surface area (Å²) >= 11 is 1.56. The lowest BCUT2D eigenvalue weighted by Gasteiger charge is -2.34. The number of aromatic nitrogens is 3. The van der Waals surface area contributed by atoms with E-state index in [0.29, 0.717) is 49.8 Å². The standard InChI is InChI=1S/C22H19FN6OS.C7H12FN/c1-30-22-27-20-15(21(28-22)29-9-8-25-13(11-29)6-7-24)10-26-19(18(20)23)16-12-31-17-5-3-2-4-14(16)17;8-6-4-7-2-1-3-9(7)5-6/h2-5,10,12-13,25H,6,8-9,11H2,1H3;6-7H,1-5H2. The molecule has 4 aromatic rings. The monoisotopic (exact) mass is 563 g/mol. The molecule has 3 aliphatic rings. The van der Waals surface area contributed by atoms with Gasteiger partial charge in [-0.25, -0.2) is 8.78 Å². The third kappa shape index (κ3) is 5.19. The molecule has 3 fully saturated rings. The number of anilines is 1. The Hall–Kier alpha value is -3.46. The first-order valence-corrected chi connectivity index (χ1v) is 14.5. The van der Waals surface area contributed by atoms with Gasteiger partial charge in [0.15, 0.2) is 5.82 Å². The van der Waals surface area contributed by atoms with Gasteiger partial charge in [0.1, 0.15) is 23.2 Å². The summed E-state index contributed by atoms with van der Waals surface area (Å²) in [5.74, 6) is 0.0751. The first-order chi connectivity index (χ1) is 19.6. The predicted molar refractivity (Wildman–Crippen MR) is 153 cm³/mol. The molecule has 0 amide bonds. The second-order valence-electron chi connectivity index (χ2n) is 10.4. The molecule has 3 unspecified atom stereocenters. The number of hydrogen-bond donors (Lipinski definition) is 1. The molecule has 40 heavy (non-hydrogen) atoms. The summed E-state index contributed by atoms with van der Waals surface area (Å²) in [7, 11) is 1.47. The molecule has 1 aromatic carbocycles. The maximum atomic E-state index is 15.7. The van der Waals surface area contributed by atoms with Crippen LogP contribution in [0.3, 0.4) is 0 Å².